The van der Waals surface area contributed by atoms with Crippen molar-refractivity contribution in [2.75, 3.05) is 24.6 Å². The van der Waals surface area contributed by atoms with Crippen molar-refractivity contribution < 1.29 is 9.53 Å². The molecule has 0 spiro atoms. The smallest absolute Gasteiger partial charge is 0.316 e. The van der Waals surface area contributed by atoms with Gasteiger partial charge in [-0.2, -0.15) is 5.10 Å². The van der Waals surface area contributed by atoms with Gasteiger partial charge in [-0.05, 0) is 32.9 Å². The number of rotatable bonds is 6. The van der Waals surface area contributed by atoms with Crippen LogP contribution in [0.4, 0.5) is 5.69 Å². The maximum absolute atomic E-state index is 12.7. The molecule has 2 aromatic heterocycles. The van der Waals surface area contributed by atoms with Gasteiger partial charge in [0, 0.05) is 60.4 Å². The summed E-state index contributed by atoms with van der Waals surface area (Å²) in [6, 6.07) is 10.4. The molecule has 0 N–H and O–H groups in total. The Hall–Kier alpha value is -3.68. The zero-order chi connectivity index (χ0) is 21.8. The summed E-state index contributed by atoms with van der Waals surface area (Å²) in [6.07, 6.45) is 7.32. The molecule has 3 aromatic rings. The molecule has 1 aromatic carbocycles. The van der Waals surface area contributed by atoms with Gasteiger partial charge in [-0.3, -0.25) is 9.48 Å². The fraction of sp³-hybridized carbons (Fsp3) is 0.304. The maximum Gasteiger partial charge on any atom is 0.316 e. The van der Waals surface area contributed by atoms with Crippen LogP contribution in [0.25, 0.3) is 11.1 Å². The van der Waals surface area contributed by atoms with Gasteiger partial charge in [-0.1, -0.05) is 18.2 Å². The number of aromatic nitrogens is 4. The first-order valence-electron chi connectivity index (χ1n) is 10.3. The Bertz CT molecular complexity index is 1090. The molecule has 1 amide bonds. The van der Waals surface area contributed by atoms with Gasteiger partial charge < -0.3 is 14.5 Å². The third kappa shape index (κ3) is 4.58. The number of carbonyl (C=O) groups excluding carboxylic acids is 1. The third-order valence-corrected chi connectivity index (χ3v) is 5.14. The predicted octanol–water partition coefficient (Wildman–Crippen LogP) is 3.18. The van der Waals surface area contributed by atoms with Crippen molar-refractivity contribution in [2.45, 2.75) is 27.3 Å². The minimum Gasteiger partial charge on any atom is -0.464 e. The standard InChI is InChI=1S/C23H26N6O2/c1-4-31-23-24-14-19(15-25-23)20-7-5-6-8-21(20)27-9-11-28(12-10-27)22(30)16-29-18(3)13-17(2)26-29/h5-9,11,13-15H,4,10,12,16H2,1-3H3. The van der Waals surface area contributed by atoms with E-state index in [1.54, 1.807) is 22.0 Å². The number of benzene rings is 1. The quantitative estimate of drug-likeness (QED) is 0.612. The molecule has 0 saturated heterocycles. The molecule has 0 unspecified atom stereocenters. The molecule has 31 heavy (non-hydrogen) atoms. The normalized spacial score (nSPS) is 13.5. The van der Waals surface area contributed by atoms with Crippen LogP contribution < -0.4 is 9.64 Å². The number of aryl methyl sites for hydroxylation is 2. The highest BCUT2D eigenvalue weighted by Gasteiger charge is 2.20. The van der Waals surface area contributed by atoms with Crippen molar-refractivity contribution in [3.63, 3.8) is 0 Å². The van der Waals surface area contributed by atoms with E-state index in [-0.39, 0.29) is 12.5 Å². The molecule has 1 aliphatic rings. The maximum atomic E-state index is 12.7. The molecule has 1 aliphatic heterocycles. The third-order valence-electron chi connectivity index (χ3n) is 5.14. The highest BCUT2D eigenvalue weighted by atomic mass is 16.5. The van der Waals surface area contributed by atoms with Crippen molar-refractivity contribution in [2.24, 2.45) is 0 Å². The van der Waals surface area contributed by atoms with Gasteiger partial charge >= 0.3 is 6.01 Å². The van der Waals surface area contributed by atoms with Crippen LogP contribution in [0.3, 0.4) is 0 Å². The average Bonchev–Trinajstić information content (AvgIpc) is 3.11. The fourth-order valence-electron chi connectivity index (χ4n) is 3.62. The first kappa shape index (κ1) is 20.6. The van der Waals surface area contributed by atoms with Crippen LogP contribution in [0.1, 0.15) is 18.3 Å². The highest BCUT2D eigenvalue weighted by molar-refractivity contribution is 5.80. The van der Waals surface area contributed by atoms with Crippen LogP contribution >= 0.6 is 0 Å². The Balaban J connectivity index is 1.49. The van der Waals surface area contributed by atoms with Crippen molar-refractivity contribution in [3.05, 3.63) is 66.5 Å². The minimum atomic E-state index is 0.0234. The SMILES string of the molecule is CCOc1ncc(-c2ccccc2N2C=CN(C(=O)Cn3nc(C)cc3C)CC2)cn1. The van der Waals surface area contributed by atoms with E-state index in [1.165, 1.54) is 0 Å². The van der Waals surface area contributed by atoms with E-state index in [4.69, 9.17) is 4.74 Å². The Morgan fingerprint density at radius 3 is 2.52 bits per heavy atom. The van der Waals surface area contributed by atoms with E-state index >= 15 is 0 Å². The average molecular weight is 419 g/mol. The van der Waals surface area contributed by atoms with Gasteiger partial charge in [0.15, 0.2) is 0 Å². The largest absolute Gasteiger partial charge is 0.464 e. The first-order valence-corrected chi connectivity index (χ1v) is 10.3. The number of carbonyl (C=O) groups is 1. The van der Waals surface area contributed by atoms with E-state index in [0.29, 0.717) is 25.7 Å². The van der Waals surface area contributed by atoms with Crippen LogP contribution in [0.2, 0.25) is 0 Å². The number of hydrogen-bond donors (Lipinski definition) is 0. The van der Waals surface area contributed by atoms with Crippen LogP contribution in [-0.2, 0) is 11.3 Å². The summed E-state index contributed by atoms with van der Waals surface area (Å²) >= 11 is 0. The van der Waals surface area contributed by atoms with Crippen molar-refractivity contribution in [1.29, 1.82) is 0 Å². The second-order valence-corrected chi connectivity index (χ2v) is 7.37. The van der Waals surface area contributed by atoms with E-state index in [0.717, 1.165) is 28.2 Å². The molecule has 0 aliphatic carbocycles. The summed E-state index contributed by atoms with van der Waals surface area (Å²) in [6.45, 7) is 7.85. The molecule has 0 atom stereocenters. The van der Waals surface area contributed by atoms with Crippen molar-refractivity contribution in [1.82, 2.24) is 24.6 Å². The summed E-state index contributed by atoms with van der Waals surface area (Å²) < 4.78 is 7.09. The Labute approximate surface area is 181 Å². The minimum absolute atomic E-state index is 0.0234. The predicted molar refractivity (Wildman–Crippen MR) is 119 cm³/mol. The molecular formula is C23H26N6O2. The van der Waals surface area contributed by atoms with E-state index in [1.807, 2.05) is 57.4 Å². The number of anilines is 1. The topological polar surface area (TPSA) is 76.4 Å². The molecule has 0 fully saturated rings. The van der Waals surface area contributed by atoms with Crippen LogP contribution in [0.5, 0.6) is 6.01 Å². The van der Waals surface area contributed by atoms with E-state index in [9.17, 15) is 4.79 Å². The zero-order valence-electron chi connectivity index (χ0n) is 18.0. The number of ether oxygens (including phenoxy) is 1. The van der Waals surface area contributed by atoms with Gasteiger partial charge in [-0.25, -0.2) is 9.97 Å². The van der Waals surface area contributed by atoms with E-state index < -0.39 is 0 Å². The molecule has 8 heteroatoms. The Morgan fingerprint density at radius 2 is 1.87 bits per heavy atom. The van der Waals surface area contributed by atoms with Crippen LogP contribution in [0, 0.1) is 13.8 Å². The Kier molecular flexibility index (Phi) is 5.97. The molecular weight excluding hydrogens is 392 g/mol. The number of hydrogen-bond acceptors (Lipinski definition) is 6. The second kappa shape index (κ2) is 8.99. The van der Waals surface area contributed by atoms with Crippen molar-refractivity contribution in [3.8, 4) is 17.1 Å². The lowest BCUT2D eigenvalue weighted by molar-refractivity contribution is -0.129. The molecule has 3 heterocycles. The number of nitrogens with zero attached hydrogens (tertiary/aromatic N) is 6. The monoisotopic (exact) mass is 418 g/mol. The summed E-state index contributed by atoms with van der Waals surface area (Å²) in [5.41, 5.74) is 4.88. The van der Waals surface area contributed by atoms with Crippen LogP contribution in [0.15, 0.2) is 55.1 Å². The molecule has 0 saturated carbocycles. The lowest BCUT2D eigenvalue weighted by Gasteiger charge is -2.31. The van der Waals surface area contributed by atoms with Gasteiger partial charge in [0.05, 0.1) is 12.3 Å². The fourth-order valence-corrected chi connectivity index (χ4v) is 3.62. The summed E-state index contributed by atoms with van der Waals surface area (Å²) in [4.78, 5) is 25.2. The number of amides is 1. The number of para-hydroxylation sites is 1. The highest BCUT2D eigenvalue weighted by Crippen LogP contribution is 2.31. The lowest BCUT2D eigenvalue weighted by atomic mass is 10.1. The molecule has 0 bridgehead atoms. The van der Waals surface area contributed by atoms with E-state index in [2.05, 4.69) is 26.0 Å². The van der Waals surface area contributed by atoms with Gasteiger partial charge in [0.2, 0.25) is 5.91 Å². The molecule has 160 valence electrons. The second-order valence-electron chi connectivity index (χ2n) is 7.37. The van der Waals surface area contributed by atoms with Gasteiger partial charge in [0.1, 0.15) is 6.54 Å². The molecule has 4 rings (SSSR count). The van der Waals surface area contributed by atoms with Crippen LogP contribution in [-0.4, -0.2) is 50.3 Å². The first-order chi connectivity index (χ1) is 15.0. The summed E-state index contributed by atoms with van der Waals surface area (Å²) in [7, 11) is 0. The molecule has 0 radical (unpaired) electrons. The lowest BCUT2D eigenvalue weighted by Crippen LogP contribution is -2.39. The Morgan fingerprint density at radius 1 is 1.10 bits per heavy atom. The summed E-state index contributed by atoms with van der Waals surface area (Å²) in [5.74, 6) is 0.0234. The van der Waals surface area contributed by atoms with Crippen molar-refractivity contribution >= 4 is 11.6 Å². The van der Waals surface area contributed by atoms with Gasteiger partial charge in [0.25, 0.3) is 0 Å². The van der Waals surface area contributed by atoms with Gasteiger partial charge in [-0.15, -0.1) is 0 Å². The zero-order valence-corrected chi connectivity index (χ0v) is 18.0. The molecule has 8 nitrogen and oxygen atoms in total. The summed E-state index contributed by atoms with van der Waals surface area (Å²) in [5, 5.41) is 4.38.